The maximum Gasteiger partial charge on any atom is 0.459 e. The van der Waals surface area contributed by atoms with Crippen LogP contribution in [0.25, 0.3) is 0 Å². The Bertz CT molecular complexity index is 201. The van der Waals surface area contributed by atoms with Crippen LogP contribution in [-0.2, 0) is 0 Å². The molecule has 3 N–H and O–H groups in total. The second-order valence-corrected chi connectivity index (χ2v) is 2.48. The summed E-state index contributed by atoms with van der Waals surface area (Å²) in [4.78, 5) is 0. The van der Waals surface area contributed by atoms with Crippen molar-refractivity contribution in [1.82, 2.24) is 0 Å². The van der Waals surface area contributed by atoms with E-state index in [9.17, 15) is 30.7 Å². The number of aliphatic hydroxyl groups excluding tert-OH is 1. The van der Waals surface area contributed by atoms with Crippen molar-refractivity contribution in [3.8, 4) is 0 Å². The van der Waals surface area contributed by atoms with E-state index < -0.39 is 30.7 Å². The molecule has 0 aliphatic carbocycles. The van der Waals surface area contributed by atoms with Gasteiger partial charge < -0.3 is 10.8 Å². The van der Waals surface area contributed by atoms with Gasteiger partial charge in [-0.2, -0.15) is 30.7 Å². The number of hydrogen-bond acceptors (Lipinski definition) is 2. The lowest BCUT2D eigenvalue weighted by atomic mass is 10.0. The Morgan fingerprint density at radius 3 is 1.57 bits per heavy atom. The lowest BCUT2D eigenvalue weighted by molar-refractivity contribution is -0.359. The molecule has 0 aliphatic rings. The van der Waals surface area contributed by atoms with Crippen LogP contribution in [0.3, 0.4) is 0 Å². The highest BCUT2D eigenvalue weighted by molar-refractivity contribution is 4.97. The second kappa shape index (κ2) is 3.54. The molecular weight excluding hydrogens is 223 g/mol. The third-order valence-electron chi connectivity index (χ3n) is 1.44. The van der Waals surface area contributed by atoms with Gasteiger partial charge in [-0.1, -0.05) is 0 Å². The molecule has 0 fully saturated rings. The third-order valence-corrected chi connectivity index (χ3v) is 1.44. The Morgan fingerprint density at radius 2 is 1.36 bits per heavy atom. The highest BCUT2D eigenvalue weighted by Crippen LogP contribution is 2.47. The van der Waals surface area contributed by atoms with Gasteiger partial charge in [-0.3, -0.25) is 0 Å². The van der Waals surface area contributed by atoms with E-state index in [1.54, 1.807) is 0 Å². The Kier molecular flexibility index (Phi) is 3.39. The van der Waals surface area contributed by atoms with E-state index in [1.165, 1.54) is 0 Å². The second-order valence-electron chi connectivity index (χ2n) is 2.48. The number of alkyl halides is 7. The molecule has 1 atom stereocenters. The van der Waals surface area contributed by atoms with Crippen LogP contribution in [0.4, 0.5) is 30.7 Å². The molecule has 0 amide bonds. The van der Waals surface area contributed by atoms with Crippen molar-refractivity contribution in [2.45, 2.75) is 24.1 Å². The molecule has 14 heavy (non-hydrogen) atoms. The Labute approximate surface area is 73.5 Å². The highest BCUT2D eigenvalue weighted by Gasteiger charge is 2.74. The van der Waals surface area contributed by atoms with Gasteiger partial charge in [-0.25, -0.2) is 0 Å². The van der Waals surface area contributed by atoms with E-state index in [0.29, 0.717) is 0 Å². The van der Waals surface area contributed by atoms with Gasteiger partial charge in [0.05, 0.1) is 12.6 Å². The number of halogens is 7. The number of nitrogens with two attached hydrogens (primary N) is 1. The lowest BCUT2D eigenvalue weighted by Crippen LogP contribution is -2.61. The molecule has 1 unspecified atom stereocenters. The SMILES string of the molecule is NC(CO)C(F)(F)C(F)(F)C(F)(F)F. The van der Waals surface area contributed by atoms with E-state index in [0.717, 1.165) is 0 Å². The number of rotatable bonds is 3. The fourth-order valence-corrected chi connectivity index (χ4v) is 0.536. The Hall–Kier alpha value is -0.570. The first kappa shape index (κ1) is 13.4. The van der Waals surface area contributed by atoms with Crippen LogP contribution in [0.1, 0.15) is 0 Å². The molecule has 0 saturated heterocycles. The first-order chi connectivity index (χ1) is 5.98. The van der Waals surface area contributed by atoms with Crippen molar-refractivity contribution in [1.29, 1.82) is 0 Å². The zero-order valence-corrected chi connectivity index (χ0v) is 6.45. The summed E-state index contributed by atoms with van der Waals surface area (Å²) in [5, 5.41) is 7.99. The molecule has 0 spiro atoms. The topological polar surface area (TPSA) is 46.2 Å². The molecule has 0 heterocycles. The molecule has 0 saturated carbocycles. The summed E-state index contributed by atoms with van der Waals surface area (Å²) >= 11 is 0. The van der Waals surface area contributed by atoms with E-state index >= 15 is 0 Å². The van der Waals surface area contributed by atoms with Crippen LogP contribution in [0.2, 0.25) is 0 Å². The highest BCUT2D eigenvalue weighted by atomic mass is 19.4. The summed E-state index contributed by atoms with van der Waals surface area (Å²) in [6, 6.07) is -2.97. The zero-order chi connectivity index (χ0) is 11.8. The minimum absolute atomic E-state index is 1.68. The van der Waals surface area contributed by atoms with Crippen LogP contribution in [0, 0.1) is 0 Å². The van der Waals surface area contributed by atoms with Crippen LogP contribution in [0.15, 0.2) is 0 Å². The standard InChI is InChI=1S/C5H6F7NO/c6-3(7,2(13)1-14)4(8,9)5(10,11)12/h2,14H,1,13H2. The van der Waals surface area contributed by atoms with E-state index in [-0.39, 0.29) is 0 Å². The minimum atomic E-state index is -6.41. The van der Waals surface area contributed by atoms with Crippen molar-refractivity contribution < 1.29 is 35.8 Å². The fourth-order valence-electron chi connectivity index (χ4n) is 0.536. The normalized spacial score (nSPS) is 16.9. The molecule has 0 rings (SSSR count). The van der Waals surface area contributed by atoms with Gasteiger partial charge in [0.1, 0.15) is 0 Å². The summed E-state index contributed by atoms with van der Waals surface area (Å²) in [6.07, 6.45) is -6.41. The minimum Gasteiger partial charge on any atom is -0.395 e. The van der Waals surface area contributed by atoms with Gasteiger partial charge in [-0.05, 0) is 0 Å². The molecule has 9 heteroatoms. The van der Waals surface area contributed by atoms with Gasteiger partial charge >= 0.3 is 18.0 Å². The van der Waals surface area contributed by atoms with Crippen LogP contribution in [-0.4, -0.2) is 35.8 Å². The summed E-state index contributed by atoms with van der Waals surface area (Å²) in [6.45, 7) is -1.68. The predicted octanol–water partition coefficient (Wildman–Crippen LogP) is 1.14. The maximum atomic E-state index is 12.3. The molecule has 0 aromatic carbocycles. The molecule has 0 bridgehead atoms. The average Bonchev–Trinajstić information content (AvgIpc) is 2.00. The number of aliphatic hydroxyl groups is 1. The summed E-state index contributed by atoms with van der Waals surface area (Å²) in [5.41, 5.74) is 4.25. The maximum absolute atomic E-state index is 12.3. The first-order valence-electron chi connectivity index (χ1n) is 3.17. The summed E-state index contributed by atoms with van der Waals surface area (Å²) in [5.74, 6) is -11.8. The molecule has 86 valence electrons. The monoisotopic (exact) mass is 229 g/mol. The summed E-state index contributed by atoms with van der Waals surface area (Å²) in [7, 11) is 0. The lowest BCUT2D eigenvalue weighted by Gasteiger charge is -2.31. The molecular formula is C5H6F7NO. The smallest absolute Gasteiger partial charge is 0.395 e. The van der Waals surface area contributed by atoms with Crippen molar-refractivity contribution in [2.24, 2.45) is 5.73 Å². The molecule has 0 radical (unpaired) electrons. The van der Waals surface area contributed by atoms with E-state index in [2.05, 4.69) is 5.73 Å². The molecule has 0 aromatic heterocycles. The zero-order valence-electron chi connectivity index (χ0n) is 6.45. The van der Waals surface area contributed by atoms with E-state index in [1.807, 2.05) is 0 Å². The van der Waals surface area contributed by atoms with Crippen LogP contribution in [0.5, 0.6) is 0 Å². The van der Waals surface area contributed by atoms with Gasteiger partial charge in [-0.15, -0.1) is 0 Å². The van der Waals surface area contributed by atoms with Gasteiger partial charge in [0.15, 0.2) is 0 Å². The van der Waals surface area contributed by atoms with Crippen molar-refractivity contribution in [2.75, 3.05) is 6.61 Å². The van der Waals surface area contributed by atoms with Gasteiger partial charge in [0, 0.05) is 0 Å². The third kappa shape index (κ3) is 1.92. The molecule has 0 aliphatic heterocycles. The predicted molar refractivity (Wildman–Crippen MR) is 31.0 cm³/mol. The van der Waals surface area contributed by atoms with Gasteiger partial charge in [0.2, 0.25) is 0 Å². The largest absolute Gasteiger partial charge is 0.459 e. The van der Waals surface area contributed by atoms with Crippen molar-refractivity contribution in [3.63, 3.8) is 0 Å². The molecule has 0 aromatic rings. The average molecular weight is 229 g/mol. The first-order valence-corrected chi connectivity index (χ1v) is 3.17. The number of hydrogen-bond donors (Lipinski definition) is 2. The van der Waals surface area contributed by atoms with Crippen molar-refractivity contribution in [3.05, 3.63) is 0 Å². The van der Waals surface area contributed by atoms with E-state index in [4.69, 9.17) is 5.11 Å². The quantitative estimate of drug-likeness (QED) is 0.713. The Morgan fingerprint density at radius 1 is 1.00 bits per heavy atom. The summed E-state index contributed by atoms with van der Waals surface area (Å²) < 4.78 is 83.2. The Balaban J connectivity index is 5.07. The molecule has 2 nitrogen and oxygen atoms in total. The van der Waals surface area contributed by atoms with Crippen LogP contribution >= 0.6 is 0 Å². The fraction of sp³-hybridized carbons (Fsp3) is 1.00. The van der Waals surface area contributed by atoms with Crippen molar-refractivity contribution >= 4 is 0 Å². The van der Waals surface area contributed by atoms with Gasteiger partial charge in [0.25, 0.3) is 0 Å². The van der Waals surface area contributed by atoms with Crippen LogP contribution < -0.4 is 5.73 Å².